The molecular weight excluding hydrogens is 248 g/mol. The van der Waals surface area contributed by atoms with Gasteiger partial charge in [-0.2, -0.15) is 0 Å². The van der Waals surface area contributed by atoms with E-state index in [1.807, 2.05) is 6.92 Å². The second-order valence-corrected chi connectivity index (χ2v) is 6.21. The van der Waals surface area contributed by atoms with Crippen LogP contribution >= 0.6 is 0 Å². The van der Waals surface area contributed by atoms with Crippen LogP contribution in [0.15, 0.2) is 24.3 Å². The maximum Gasteiger partial charge on any atom is 0.119 e. The molecule has 2 N–H and O–H groups in total. The Balaban J connectivity index is 1.71. The summed E-state index contributed by atoms with van der Waals surface area (Å²) in [4.78, 5) is 2.66. The van der Waals surface area contributed by atoms with E-state index in [0.29, 0.717) is 0 Å². The third-order valence-electron chi connectivity index (χ3n) is 4.99. The first-order chi connectivity index (χ1) is 9.77. The van der Waals surface area contributed by atoms with Crippen molar-refractivity contribution < 1.29 is 4.74 Å². The molecule has 0 spiro atoms. The average Bonchev–Trinajstić information content (AvgIpc) is 3.33. The van der Waals surface area contributed by atoms with Crippen molar-refractivity contribution in [1.82, 2.24) is 4.90 Å². The number of ether oxygens (including phenoxy) is 1. The van der Waals surface area contributed by atoms with Gasteiger partial charge in [-0.1, -0.05) is 12.1 Å². The van der Waals surface area contributed by atoms with Crippen molar-refractivity contribution in [3.63, 3.8) is 0 Å². The van der Waals surface area contributed by atoms with Gasteiger partial charge in [0, 0.05) is 18.0 Å². The van der Waals surface area contributed by atoms with Crippen LogP contribution in [0.1, 0.15) is 38.2 Å². The first-order valence-electron chi connectivity index (χ1n) is 7.95. The number of rotatable bonds is 5. The minimum absolute atomic E-state index is 0.177. The maximum absolute atomic E-state index is 6.15. The molecule has 0 radical (unpaired) electrons. The summed E-state index contributed by atoms with van der Waals surface area (Å²) in [7, 11) is 0. The van der Waals surface area contributed by atoms with Gasteiger partial charge in [0.25, 0.3) is 0 Å². The van der Waals surface area contributed by atoms with Crippen LogP contribution in [0, 0.1) is 0 Å². The Morgan fingerprint density at radius 1 is 1.20 bits per heavy atom. The van der Waals surface area contributed by atoms with Crippen LogP contribution in [-0.2, 0) is 5.41 Å². The van der Waals surface area contributed by atoms with Gasteiger partial charge in [-0.3, -0.25) is 0 Å². The Morgan fingerprint density at radius 2 is 1.85 bits per heavy atom. The molecule has 110 valence electrons. The van der Waals surface area contributed by atoms with E-state index in [-0.39, 0.29) is 5.41 Å². The molecule has 1 aliphatic carbocycles. The van der Waals surface area contributed by atoms with Crippen molar-refractivity contribution in [2.24, 2.45) is 5.73 Å². The van der Waals surface area contributed by atoms with Crippen molar-refractivity contribution >= 4 is 0 Å². The maximum atomic E-state index is 6.15. The van der Waals surface area contributed by atoms with E-state index in [1.165, 1.54) is 44.3 Å². The van der Waals surface area contributed by atoms with Crippen LogP contribution in [0.4, 0.5) is 0 Å². The number of benzene rings is 1. The minimum Gasteiger partial charge on any atom is -0.494 e. The number of nitrogens with two attached hydrogens (primary N) is 1. The Morgan fingerprint density at radius 3 is 2.35 bits per heavy atom. The van der Waals surface area contributed by atoms with E-state index < -0.39 is 0 Å². The summed E-state index contributed by atoms with van der Waals surface area (Å²) < 4.78 is 5.53. The number of likely N-dealkylation sites (tertiary alicyclic amines) is 1. The lowest BCUT2D eigenvalue weighted by Gasteiger charge is -2.42. The van der Waals surface area contributed by atoms with Crippen LogP contribution < -0.4 is 10.5 Å². The summed E-state index contributed by atoms with van der Waals surface area (Å²) in [5.74, 6) is 0.957. The van der Waals surface area contributed by atoms with Gasteiger partial charge < -0.3 is 15.4 Å². The number of piperidine rings is 1. The van der Waals surface area contributed by atoms with Crippen LogP contribution in [0.5, 0.6) is 5.75 Å². The number of nitrogens with zero attached hydrogens (tertiary/aromatic N) is 1. The molecule has 20 heavy (non-hydrogen) atoms. The van der Waals surface area contributed by atoms with Crippen LogP contribution in [0.25, 0.3) is 0 Å². The first-order valence-corrected chi connectivity index (χ1v) is 7.95. The minimum atomic E-state index is 0.177. The highest BCUT2D eigenvalue weighted by Gasteiger charge is 2.39. The molecule has 3 heteroatoms. The molecule has 0 atom stereocenters. The van der Waals surface area contributed by atoms with Crippen molar-refractivity contribution in [2.45, 2.75) is 44.1 Å². The molecule has 2 fully saturated rings. The van der Waals surface area contributed by atoms with Gasteiger partial charge in [0.2, 0.25) is 0 Å². The van der Waals surface area contributed by atoms with E-state index in [0.717, 1.165) is 24.9 Å². The molecule has 1 aromatic carbocycles. The molecule has 1 saturated carbocycles. The van der Waals surface area contributed by atoms with E-state index in [9.17, 15) is 0 Å². The van der Waals surface area contributed by atoms with E-state index in [4.69, 9.17) is 10.5 Å². The van der Waals surface area contributed by atoms with Crippen LogP contribution in [0.3, 0.4) is 0 Å². The molecule has 2 aliphatic rings. The third kappa shape index (κ3) is 2.70. The molecule has 1 aromatic rings. The predicted molar refractivity (Wildman–Crippen MR) is 82.2 cm³/mol. The number of hydrogen-bond acceptors (Lipinski definition) is 3. The smallest absolute Gasteiger partial charge is 0.119 e. The second kappa shape index (κ2) is 5.74. The molecule has 1 saturated heterocycles. The summed E-state index contributed by atoms with van der Waals surface area (Å²) >= 11 is 0. The quantitative estimate of drug-likeness (QED) is 0.896. The van der Waals surface area contributed by atoms with Crippen LogP contribution in [0.2, 0.25) is 0 Å². The van der Waals surface area contributed by atoms with Crippen LogP contribution in [-0.4, -0.2) is 37.2 Å². The molecule has 0 unspecified atom stereocenters. The van der Waals surface area contributed by atoms with Crippen molar-refractivity contribution in [3.8, 4) is 5.75 Å². The zero-order valence-electron chi connectivity index (χ0n) is 12.5. The lowest BCUT2D eigenvalue weighted by Crippen LogP contribution is -2.47. The lowest BCUT2D eigenvalue weighted by molar-refractivity contribution is 0.155. The average molecular weight is 274 g/mol. The van der Waals surface area contributed by atoms with Gasteiger partial charge in [0.05, 0.1) is 6.61 Å². The molecule has 3 rings (SSSR count). The summed E-state index contributed by atoms with van der Waals surface area (Å²) in [5.41, 5.74) is 7.72. The Bertz CT molecular complexity index is 431. The van der Waals surface area contributed by atoms with Gasteiger partial charge in [0.1, 0.15) is 5.75 Å². The summed E-state index contributed by atoms with van der Waals surface area (Å²) in [6.45, 7) is 5.89. The Hall–Kier alpha value is -1.06. The fourth-order valence-corrected chi connectivity index (χ4v) is 3.44. The van der Waals surface area contributed by atoms with Gasteiger partial charge >= 0.3 is 0 Å². The molecule has 1 heterocycles. The topological polar surface area (TPSA) is 38.5 Å². The highest BCUT2D eigenvalue weighted by atomic mass is 16.5. The molecule has 0 bridgehead atoms. The lowest BCUT2D eigenvalue weighted by atomic mass is 9.73. The van der Waals surface area contributed by atoms with E-state index >= 15 is 0 Å². The highest BCUT2D eigenvalue weighted by molar-refractivity contribution is 5.33. The van der Waals surface area contributed by atoms with E-state index in [1.54, 1.807) is 0 Å². The largest absolute Gasteiger partial charge is 0.494 e. The molecule has 0 aromatic heterocycles. The summed E-state index contributed by atoms with van der Waals surface area (Å²) in [5, 5.41) is 0. The molecule has 1 aliphatic heterocycles. The standard InChI is InChI=1S/C17H26N2O/c1-2-20-16-7-3-14(4-8-16)17(13-18)9-11-19(12-10-17)15-5-6-15/h3-4,7-8,15H,2,5-6,9-13,18H2,1H3. The van der Waals surface area contributed by atoms with Gasteiger partial charge in [0.15, 0.2) is 0 Å². The molecule has 0 amide bonds. The zero-order chi connectivity index (χ0) is 14.0. The monoisotopic (exact) mass is 274 g/mol. The van der Waals surface area contributed by atoms with Gasteiger partial charge in [-0.25, -0.2) is 0 Å². The normalized spacial score (nSPS) is 22.7. The fourth-order valence-electron chi connectivity index (χ4n) is 3.44. The highest BCUT2D eigenvalue weighted by Crippen LogP contribution is 2.38. The van der Waals surface area contributed by atoms with E-state index in [2.05, 4.69) is 29.2 Å². The van der Waals surface area contributed by atoms with Crippen molar-refractivity contribution in [2.75, 3.05) is 26.2 Å². The van der Waals surface area contributed by atoms with Crippen molar-refractivity contribution in [1.29, 1.82) is 0 Å². The fraction of sp³-hybridized carbons (Fsp3) is 0.647. The van der Waals surface area contributed by atoms with Gasteiger partial charge in [-0.15, -0.1) is 0 Å². The molecular formula is C17H26N2O. The Labute approximate surface area is 122 Å². The number of hydrogen-bond donors (Lipinski definition) is 1. The first kappa shape index (κ1) is 13.9. The SMILES string of the molecule is CCOc1ccc(C2(CN)CCN(C3CC3)CC2)cc1. The predicted octanol–water partition coefficient (Wildman–Crippen LogP) is 2.54. The van der Waals surface area contributed by atoms with Crippen molar-refractivity contribution in [3.05, 3.63) is 29.8 Å². The Kier molecular flexibility index (Phi) is 3.99. The zero-order valence-corrected chi connectivity index (χ0v) is 12.5. The summed E-state index contributed by atoms with van der Waals surface area (Å²) in [6.07, 6.45) is 5.18. The second-order valence-electron chi connectivity index (χ2n) is 6.21. The molecule has 3 nitrogen and oxygen atoms in total. The summed E-state index contributed by atoms with van der Waals surface area (Å²) in [6, 6.07) is 9.48. The third-order valence-corrected chi connectivity index (χ3v) is 4.99. The van der Waals surface area contributed by atoms with Gasteiger partial charge in [-0.05, 0) is 63.4 Å².